The van der Waals surface area contributed by atoms with E-state index in [1.807, 2.05) is 55.5 Å². The van der Waals surface area contributed by atoms with Crippen LogP contribution in [-0.2, 0) is 16.0 Å². The first-order chi connectivity index (χ1) is 17.0. The monoisotopic (exact) mass is 474 g/mol. The minimum atomic E-state index is -0.141. The van der Waals surface area contributed by atoms with Gasteiger partial charge in [0.2, 0.25) is 5.91 Å². The largest absolute Gasteiger partial charge is 0.497 e. The van der Waals surface area contributed by atoms with Crippen LogP contribution >= 0.6 is 0 Å². The van der Waals surface area contributed by atoms with Crippen molar-refractivity contribution in [3.8, 4) is 17.2 Å². The summed E-state index contributed by atoms with van der Waals surface area (Å²) in [6.45, 7) is 3.18. The van der Waals surface area contributed by atoms with Crippen molar-refractivity contribution < 1.29 is 23.8 Å². The highest BCUT2D eigenvalue weighted by molar-refractivity contribution is 5.99. The summed E-state index contributed by atoms with van der Waals surface area (Å²) in [4.78, 5) is 26.9. The van der Waals surface area contributed by atoms with Gasteiger partial charge in [-0.05, 0) is 67.8 Å². The minimum Gasteiger partial charge on any atom is -0.497 e. The maximum absolute atomic E-state index is 12.6. The normalized spacial score (nSPS) is 12.5. The van der Waals surface area contributed by atoms with Crippen molar-refractivity contribution in [2.45, 2.75) is 26.2 Å². The van der Waals surface area contributed by atoms with Crippen molar-refractivity contribution in [1.29, 1.82) is 0 Å². The molecule has 0 fully saturated rings. The number of methoxy groups -OCH3 is 1. The van der Waals surface area contributed by atoms with Crippen molar-refractivity contribution in [2.24, 2.45) is 0 Å². The van der Waals surface area contributed by atoms with Crippen molar-refractivity contribution in [2.75, 3.05) is 37.1 Å². The number of carbonyl (C=O) groups is 2. The van der Waals surface area contributed by atoms with Crippen LogP contribution in [0.25, 0.3) is 0 Å². The van der Waals surface area contributed by atoms with Gasteiger partial charge in [0.1, 0.15) is 17.2 Å². The lowest BCUT2D eigenvalue weighted by atomic mass is 10.1. The first-order valence-corrected chi connectivity index (χ1v) is 11.7. The van der Waals surface area contributed by atoms with Crippen LogP contribution < -0.4 is 24.4 Å². The van der Waals surface area contributed by atoms with Gasteiger partial charge in [-0.2, -0.15) is 0 Å². The van der Waals surface area contributed by atoms with Gasteiger partial charge < -0.3 is 24.4 Å². The number of ether oxygens (including phenoxy) is 3. The van der Waals surface area contributed by atoms with E-state index in [1.54, 1.807) is 30.2 Å². The lowest BCUT2D eigenvalue weighted by molar-refractivity contribution is -0.121. The fourth-order valence-electron chi connectivity index (χ4n) is 3.86. The predicted molar refractivity (Wildman–Crippen MR) is 136 cm³/mol. The van der Waals surface area contributed by atoms with E-state index >= 15 is 0 Å². The van der Waals surface area contributed by atoms with E-state index in [4.69, 9.17) is 14.2 Å². The number of unbranched alkanes of at least 4 members (excludes halogenated alkanes) is 1. The van der Waals surface area contributed by atoms with Gasteiger partial charge in [0.05, 0.1) is 25.8 Å². The summed E-state index contributed by atoms with van der Waals surface area (Å²) in [5.41, 5.74) is 3.36. The smallest absolute Gasteiger partial charge is 0.265 e. The van der Waals surface area contributed by atoms with Crippen molar-refractivity contribution in [3.05, 3.63) is 77.9 Å². The van der Waals surface area contributed by atoms with Crippen LogP contribution in [0.15, 0.2) is 66.7 Å². The molecule has 0 saturated carbocycles. The van der Waals surface area contributed by atoms with E-state index in [-0.39, 0.29) is 24.8 Å². The molecule has 0 radical (unpaired) electrons. The van der Waals surface area contributed by atoms with Crippen molar-refractivity contribution >= 4 is 23.2 Å². The van der Waals surface area contributed by atoms with Gasteiger partial charge in [0, 0.05) is 12.2 Å². The van der Waals surface area contributed by atoms with E-state index in [0.717, 1.165) is 29.9 Å². The van der Waals surface area contributed by atoms with E-state index in [9.17, 15) is 9.59 Å². The van der Waals surface area contributed by atoms with E-state index in [1.165, 1.54) is 5.56 Å². The zero-order valence-corrected chi connectivity index (χ0v) is 20.1. The second-order valence-corrected chi connectivity index (χ2v) is 8.46. The fourth-order valence-corrected chi connectivity index (χ4v) is 3.86. The summed E-state index contributed by atoms with van der Waals surface area (Å²) in [5.74, 6) is 1.99. The zero-order chi connectivity index (χ0) is 24.6. The Hall–Kier alpha value is -4.00. The third kappa shape index (κ3) is 6.53. The third-order valence-electron chi connectivity index (χ3n) is 5.78. The van der Waals surface area contributed by atoms with E-state index in [2.05, 4.69) is 5.32 Å². The molecule has 0 unspecified atom stereocenters. The third-order valence-corrected chi connectivity index (χ3v) is 5.78. The number of carbonyl (C=O) groups excluding carboxylic acids is 2. The van der Waals surface area contributed by atoms with Gasteiger partial charge >= 0.3 is 0 Å². The molecule has 0 aromatic heterocycles. The van der Waals surface area contributed by atoms with Gasteiger partial charge in [-0.15, -0.1) is 0 Å². The van der Waals surface area contributed by atoms with Crippen LogP contribution in [0.2, 0.25) is 0 Å². The Balaban J connectivity index is 1.32. The summed E-state index contributed by atoms with van der Waals surface area (Å²) < 4.78 is 16.5. The minimum absolute atomic E-state index is 0.00996. The van der Waals surface area contributed by atoms with E-state index in [0.29, 0.717) is 30.3 Å². The molecule has 0 aliphatic carbocycles. The number of nitrogens with one attached hydrogen (secondary N) is 1. The second kappa shape index (κ2) is 11.4. The molecule has 3 aromatic rings. The molecular weight excluding hydrogens is 444 g/mol. The predicted octanol–water partition coefficient (Wildman–Crippen LogP) is 4.77. The fraction of sp³-hybridized carbons (Fsp3) is 0.286. The molecule has 0 spiro atoms. The molecule has 1 N–H and O–H groups in total. The summed E-state index contributed by atoms with van der Waals surface area (Å²) in [6.07, 6.45) is 1.83. The quantitative estimate of drug-likeness (QED) is 0.429. The van der Waals surface area contributed by atoms with Crippen LogP contribution in [0.4, 0.5) is 11.4 Å². The molecule has 1 aliphatic rings. The summed E-state index contributed by atoms with van der Waals surface area (Å²) in [7, 11) is 1.61. The van der Waals surface area contributed by atoms with Crippen LogP contribution in [0.5, 0.6) is 17.2 Å². The Kier molecular flexibility index (Phi) is 7.88. The number of rotatable bonds is 10. The van der Waals surface area contributed by atoms with Crippen LogP contribution in [-0.4, -0.2) is 38.7 Å². The number of nitrogens with zero attached hydrogens (tertiary/aromatic N) is 1. The summed E-state index contributed by atoms with van der Waals surface area (Å²) in [5, 5.41) is 2.92. The maximum atomic E-state index is 12.6. The zero-order valence-electron chi connectivity index (χ0n) is 20.1. The molecule has 4 rings (SSSR count). The molecular formula is C28H30N2O5. The van der Waals surface area contributed by atoms with Crippen LogP contribution in [0, 0.1) is 6.92 Å². The Morgan fingerprint density at radius 2 is 1.74 bits per heavy atom. The highest BCUT2D eigenvalue weighted by atomic mass is 16.5. The standard InChI is InChI=1S/C28H30N2O5/c1-20-5-10-24(11-6-20)34-16-4-3-15-30-25-18-22(9-14-26(25)35-19-28(30)32)29-27(31)17-21-7-12-23(33-2)13-8-21/h5-14,18H,3-4,15-17,19H2,1-2H3,(H,29,31). The Morgan fingerprint density at radius 3 is 2.49 bits per heavy atom. The molecule has 0 atom stereocenters. The van der Waals surface area contributed by atoms with Gasteiger partial charge in [-0.1, -0.05) is 29.8 Å². The lowest BCUT2D eigenvalue weighted by Gasteiger charge is -2.30. The van der Waals surface area contributed by atoms with Crippen LogP contribution in [0.1, 0.15) is 24.0 Å². The Labute approximate surface area is 205 Å². The average Bonchev–Trinajstić information content (AvgIpc) is 2.86. The highest BCUT2D eigenvalue weighted by Crippen LogP contribution is 2.35. The molecule has 0 saturated heterocycles. The van der Waals surface area contributed by atoms with Gasteiger partial charge in [-0.3, -0.25) is 9.59 Å². The Morgan fingerprint density at radius 1 is 1.00 bits per heavy atom. The average molecular weight is 475 g/mol. The Bertz CT molecular complexity index is 1160. The van der Waals surface area contributed by atoms with Gasteiger partial charge in [0.15, 0.2) is 6.61 Å². The van der Waals surface area contributed by atoms with Crippen LogP contribution in [0.3, 0.4) is 0 Å². The van der Waals surface area contributed by atoms with Gasteiger partial charge in [0.25, 0.3) is 5.91 Å². The number of amides is 2. The first kappa shape index (κ1) is 24.1. The number of benzene rings is 3. The molecule has 35 heavy (non-hydrogen) atoms. The number of hydrogen-bond acceptors (Lipinski definition) is 5. The van der Waals surface area contributed by atoms with Crippen molar-refractivity contribution in [3.63, 3.8) is 0 Å². The summed E-state index contributed by atoms with van der Waals surface area (Å²) in [6, 6.07) is 20.7. The summed E-state index contributed by atoms with van der Waals surface area (Å²) >= 11 is 0. The van der Waals surface area contributed by atoms with Crippen molar-refractivity contribution in [1.82, 2.24) is 0 Å². The molecule has 0 bridgehead atoms. The highest BCUT2D eigenvalue weighted by Gasteiger charge is 2.25. The SMILES string of the molecule is COc1ccc(CC(=O)Nc2ccc3c(c2)N(CCCCOc2ccc(C)cc2)C(=O)CO3)cc1. The second-order valence-electron chi connectivity index (χ2n) is 8.46. The van der Waals surface area contributed by atoms with E-state index < -0.39 is 0 Å². The number of anilines is 2. The topological polar surface area (TPSA) is 77.1 Å². The molecule has 182 valence electrons. The molecule has 3 aromatic carbocycles. The molecule has 2 amide bonds. The maximum Gasteiger partial charge on any atom is 0.265 e. The first-order valence-electron chi connectivity index (χ1n) is 11.7. The van der Waals surface area contributed by atoms with Gasteiger partial charge in [-0.25, -0.2) is 0 Å². The molecule has 1 heterocycles. The molecule has 1 aliphatic heterocycles. The molecule has 7 nitrogen and oxygen atoms in total. The lowest BCUT2D eigenvalue weighted by Crippen LogP contribution is -2.39. The number of fused-ring (bicyclic) bond motifs is 1. The number of aryl methyl sites for hydroxylation is 1. The number of hydrogen-bond donors (Lipinski definition) is 1. The molecule has 7 heteroatoms.